The third kappa shape index (κ3) is 5.18. The molecule has 0 unspecified atom stereocenters. The quantitative estimate of drug-likeness (QED) is 0.334. The zero-order valence-electron chi connectivity index (χ0n) is 20.3. The van der Waals surface area contributed by atoms with Crippen molar-refractivity contribution in [2.75, 3.05) is 18.4 Å². The number of piperidine rings is 1. The number of anilines is 2. The lowest BCUT2D eigenvalue weighted by Gasteiger charge is -2.39. The number of rotatable bonds is 8. The fourth-order valence-electron chi connectivity index (χ4n) is 4.94. The predicted molar refractivity (Wildman–Crippen MR) is 134 cm³/mol. The number of likely N-dealkylation sites (tertiary alicyclic amines) is 1. The summed E-state index contributed by atoms with van der Waals surface area (Å²) in [6, 6.07) is 8.04. The van der Waals surface area contributed by atoms with Crippen LogP contribution in [0.5, 0.6) is 0 Å². The number of aliphatic carboxylic acids is 1. The first-order chi connectivity index (χ1) is 17.6. The Morgan fingerprint density at radius 3 is 2.51 bits per heavy atom. The van der Waals surface area contributed by atoms with E-state index in [9.17, 15) is 19.4 Å². The number of hydrogen-bond acceptors (Lipinski definition) is 6. The molecule has 1 saturated heterocycles. The summed E-state index contributed by atoms with van der Waals surface area (Å²) >= 11 is 5.90. The van der Waals surface area contributed by atoms with Crippen molar-refractivity contribution in [2.24, 2.45) is 5.41 Å². The summed E-state index contributed by atoms with van der Waals surface area (Å²) in [4.78, 5) is 18.9. The summed E-state index contributed by atoms with van der Waals surface area (Å²) in [5, 5.41) is 30.9. The lowest BCUT2D eigenvalue weighted by molar-refractivity contribution is -0.152. The van der Waals surface area contributed by atoms with Crippen LogP contribution in [0.1, 0.15) is 48.2 Å². The van der Waals surface area contributed by atoms with Crippen molar-refractivity contribution in [1.29, 1.82) is 0 Å². The standard InChI is InChI=1S/C26H28ClF2N5O3/c1-15-11-21(33-32-15)31-20-12-17(26(37)5-6-26)23(29)19(30-20)13-25(24(35)36)7-9-34(10-8-25)14-16-3-2-4-18(27)22(16)28/h2-4,11-12,37H,5-10,13-14H2,1H3,(H,35,36)(H2,30,31,32,33). The van der Waals surface area contributed by atoms with E-state index in [1.54, 1.807) is 18.2 Å². The first-order valence-electron chi connectivity index (χ1n) is 12.2. The maximum absolute atomic E-state index is 15.6. The summed E-state index contributed by atoms with van der Waals surface area (Å²) in [6.45, 7) is 2.92. The molecule has 0 amide bonds. The van der Waals surface area contributed by atoms with Gasteiger partial charge in [0.2, 0.25) is 0 Å². The van der Waals surface area contributed by atoms with Crippen LogP contribution in [0.15, 0.2) is 30.3 Å². The third-order valence-corrected chi connectivity index (χ3v) is 7.70. The van der Waals surface area contributed by atoms with Crippen molar-refractivity contribution in [3.05, 3.63) is 69.5 Å². The van der Waals surface area contributed by atoms with Crippen LogP contribution in [0.3, 0.4) is 0 Å². The summed E-state index contributed by atoms with van der Waals surface area (Å²) in [5.74, 6) is -1.42. The van der Waals surface area contributed by atoms with Crippen LogP contribution in [0.4, 0.5) is 20.4 Å². The van der Waals surface area contributed by atoms with Crippen molar-refractivity contribution < 1.29 is 23.8 Å². The van der Waals surface area contributed by atoms with E-state index in [2.05, 4.69) is 20.5 Å². The molecule has 0 atom stereocenters. The van der Waals surface area contributed by atoms with Gasteiger partial charge in [-0.3, -0.25) is 14.8 Å². The van der Waals surface area contributed by atoms with Gasteiger partial charge in [-0.1, -0.05) is 23.7 Å². The minimum absolute atomic E-state index is 0.00989. The van der Waals surface area contributed by atoms with Gasteiger partial charge in [-0.05, 0) is 57.8 Å². The van der Waals surface area contributed by atoms with Crippen LogP contribution >= 0.6 is 11.6 Å². The van der Waals surface area contributed by atoms with E-state index in [1.807, 2.05) is 11.8 Å². The van der Waals surface area contributed by atoms with Crippen LogP contribution in [-0.2, 0) is 23.4 Å². The van der Waals surface area contributed by atoms with Crippen LogP contribution in [0, 0.1) is 24.0 Å². The molecule has 1 aromatic carbocycles. The number of carboxylic acids is 1. The number of benzene rings is 1. The minimum atomic E-state index is -1.28. The molecular weight excluding hydrogens is 504 g/mol. The Morgan fingerprint density at radius 1 is 1.16 bits per heavy atom. The number of aliphatic hydroxyl groups is 1. The molecule has 4 N–H and O–H groups in total. The van der Waals surface area contributed by atoms with Gasteiger partial charge in [-0.25, -0.2) is 13.8 Å². The van der Waals surface area contributed by atoms with Gasteiger partial charge in [-0.15, -0.1) is 0 Å². The molecule has 2 aliphatic rings. The van der Waals surface area contributed by atoms with Crippen molar-refractivity contribution in [3.8, 4) is 0 Å². The SMILES string of the molecule is Cc1cc(Nc2cc(C3(O)CC3)c(F)c(CC3(C(=O)O)CCN(Cc4cccc(Cl)c4F)CC3)n2)n[nH]1. The maximum Gasteiger partial charge on any atom is 0.310 e. The average molecular weight is 532 g/mol. The van der Waals surface area contributed by atoms with Gasteiger partial charge in [0, 0.05) is 35.9 Å². The number of pyridine rings is 1. The van der Waals surface area contributed by atoms with E-state index < -0.39 is 28.6 Å². The topological polar surface area (TPSA) is 114 Å². The van der Waals surface area contributed by atoms with Crippen LogP contribution in [-0.4, -0.2) is 49.4 Å². The number of aromatic amines is 1. The number of halogens is 3. The minimum Gasteiger partial charge on any atom is -0.481 e. The molecule has 2 fully saturated rings. The van der Waals surface area contributed by atoms with E-state index in [4.69, 9.17) is 11.6 Å². The third-order valence-electron chi connectivity index (χ3n) is 7.41. The molecular formula is C26H28ClF2N5O3. The number of carboxylic acid groups (broad SMARTS) is 1. The van der Waals surface area contributed by atoms with Gasteiger partial charge in [0.1, 0.15) is 11.6 Å². The summed E-state index contributed by atoms with van der Waals surface area (Å²) in [6.07, 6.45) is 1.19. The maximum atomic E-state index is 15.6. The van der Waals surface area contributed by atoms with Gasteiger partial charge in [0.05, 0.1) is 21.7 Å². The largest absolute Gasteiger partial charge is 0.481 e. The van der Waals surface area contributed by atoms with Crippen molar-refractivity contribution in [3.63, 3.8) is 0 Å². The number of H-pyrrole nitrogens is 1. The second kappa shape index (κ2) is 9.66. The first-order valence-corrected chi connectivity index (χ1v) is 12.6. The molecule has 196 valence electrons. The van der Waals surface area contributed by atoms with Crippen LogP contribution in [0.25, 0.3) is 0 Å². The van der Waals surface area contributed by atoms with E-state index >= 15 is 4.39 Å². The molecule has 2 aromatic heterocycles. The van der Waals surface area contributed by atoms with E-state index in [1.165, 1.54) is 12.1 Å². The fraction of sp³-hybridized carbons (Fsp3) is 0.423. The Balaban J connectivity index is 1.39. The number of hydrogen-bond donors (Lipinski definition) is 4. The van der Waals surface area contributed by atoms with Gasteiger partial charge in [0.15, 0.2) is 11.6 Å². The molecule has 37 heavy (non-hydrogen) atoms. The van der Waals surface area contributed by atoms with Gasteiger partial charge in [0.25, 0.3) is 0 Å². The molecule has 0 bridgehead atoms. The summed E-state index contributed by atoms with van der Waals surface area (Å²) in [7, 11) is 0. The van der Waals surface area contributed by atoms with Gasteiger partial charge in [-0.2, -0.15) is 5.10 Å². The Kier molecular flexibility index (Phi) is 6.68. The number of nitrogens with one attached hydrogen (secondary N) is 2. The van der Waals surface area contributed by atoms with Gasteiger partial charge < -0.3 is 15.5 Å². The molecule has 1 aliphatic carbocycles. The van der Waals surface area contributed by atoms with Crippen LogP contribution < -0.4 is 5.32 Å². The lowest BCUT2D eigenvalue weighted by Crippen LogP contribution is -2.45. The van der Waals surface area contributed by atoms with E-state index in [0.717, 1.165) is 5.69 Å². The Labute approximate surface area is 217 Å². The summed E-state index contributed by atoms with van der Waals surface area (Å²) in [5.41, 5.74) is -1.16. The highest BCUT2D eigenvalue weighted by molar-refractivity contribution is 6.30. The molecule has 3 aromatic rings. The number of carbonyl (C=O) groups is 1. The highest BCUT2D eigenvalue weighted by Crippen LogP contribution is 2.48. The van der Waals surface area contributed by atoms with Crippen LogP contribution in [0.2, 0.25) is 5.02 Å². The lowest BCUT2D eigenvalue weighted by atomic mass is 9.74. The normalized spacial score (nSPS) is 18.5. The average Bonchev–Trinajstić information content (AvgIpc) is 3.48. The second-order valence-corrected chi connectivity index (χ2v) is 10.6. The molecule has 8 nitrogen and oxygen atoms in total. The molecule has 0 radical (unpaired) electrons. The highest BCUT2D eigenvalue weighted by atomic mass is 35.5. The zero-order chi connectivity index (χ0) is 26.4. The van der Waals surface area contributed by atoms with Crippen molar-refractivity contribution in [1.82, 2.24) is 20.1 Å². The highest BCUT2D eigenvalue weighted by Gasteiger charge is 2.47. The second-order valence-electron chi connectivity index (χ2n) is 10.2. The van der Waals surface area contributed by atoms with E-state index in [0.29, 0.717) is 43.9 Å². The van der Waals surface area contributed by atoms with E-state index in [-0.39, 0.29) is 41.4 Å². The Hall–Kier alpha value is -3.08. The van der Waals surface area contributed by atoms with Crippen molar-refractivity contribution in [2.45, 2.75) is 51.2 Å². The zero-order valence-corrected chi connectivity index (χ0v) is 21.1. The molecule has 3 heterocycles. The molecule has 1 saturated carbocycles. The monoisotopic (exact) mass is 531 g/mol. The van der Waals surface area contributed by atoms with Gasteiger partial charge >= 0.3 is 5.97 Å². The predicted octanol–water partition coefficient (Wildman–Crippen LogP) is 4.68. The first kappa shape index (κ1) is 25.6. The summed E-state index contributed by atoms with van der Waals surface area (Å²) < 4.78 is 30.0. The fourth-order valence-corrected chi connectivity index (χ4v) is 5.13. The Morgan fingerprint density at radius 2 is 1.89 bits per heavy atom. The number of nitrogens with zero attached hydrogens (tertiary/aromatic N) is 3. The smallest absolute Gasteiger partial charge is 0.310 e. The molecule has 0 spiro atoms. The number of aromatic nitrogens is 3. The molecule has 11 heteroatoms. The Bertz CT molecular complexity index is 1340. The molecule has 5 rings (SSSR count). The number of aryl methyl sites for hydroxylation is 1. The van der Waals surface area contributed by atoms with Crippen molar-refractivity contribution >= 4 is 29.2 Å². The molecule has 1 aliphatic heterocycles.